The molecule has 2 aromatic heterocycles. The number of aromatic nitrogens is 3. The highest BCUT2D eigenvalue weighted by atomic mass is 35.5. The monoisotopic (exact) mass is 444 g/mol. The van der Waals surface area contributed by atoms with Gasteiger partial charge in [-0.3, -0.25) is 4.79 Å². The van der Waals surface area contributed by atoms with Gasteiger partial charge in [0, 0.05) is 26.1 Å². The third-order valence-electron chi connectivity index (χ3n) is 4.99. The Morgan fingerprint density at radius 3 is 2.79 bits per heavy atom. The van der Waals surface area contributed by atoms with Gasteiger partial charge in [0.15, 0.2) is 11.0 Å². The number of halogens is 2. The van der Waals surface area contributed by atoms with Crippen LogP contribution >= 0.6 is 11.6 Å². The van der Waals surface area contributed by atoms with Gasteiger partial charge in [-0.15, -0.1) is 0 Å². The van der Waals surface area contributed by atoms with E-state index in [0.717, 1.165) is 10.5 Å². The Balaban J connectivity index is 1.76. The van der Waals surface area contributed by atoms with Crippen LogP contribution in [0.4, 0.5) is 4.39 Å². The number of imidazole rings is 1. The van der Waals surface area contributed by atoms with Gasteiger partial charge in [0.2, 0.25) is 5.91 Å². The first kappa shape index (κ1) is 21.6. The van der Waals surface area contributed by atoms with Gasteiger partial charge < -0.3 is 10.7 Å². The molecule has 2 atom stereocenters. The van der Waals surface area contributed by atoms with Crippen molar-refractivity contribution in [3.05, 3.63) is 35.0 Å². The Labute approximate surface area is 173 Å². The van der Waals surface area contributed by atoms with Crippen LogP contribution in [0, 0.1) is 11.7 Å². The molecule has 1 saturated heterocycles. The Morgan fingerprint density at radius 1 is 1.48 bits per heavy atom. The zero-order valence-corrected chi connectivity index (χ0v) is 17.5. The third-order valence-corrected chi connectivity index (χ3v) is 7.18. The van der Waals surface area contributed by atoms with Crippen LogP contribution < -0.4 is 5.73 Å². The second-order valence-corrected chi connectivity index (χ2v) is 9.51. The number of nitrogens with zero attached hydrogens (tertiary/aromatic N) is 4. The molecule has 0 radical (unpaired) electrons. The number of aromatic amines is 1. The summed E-state index contributed by atoms with van der Waals surface area (Å²) >= 11 is 6.32. The van der Waals surface area contributed by atoms with Crippen LogP contribution in [0.15, 0.2) is 18.3 Å². The number of piperidine rings is 1. The highest BCUT2D eigenvalue weighted by Gasteiger charge is 2.37. The van der Waals surface area contributed by atoms with Gasteiger partial charge in [-0.05, 0) is 24.5 Å². The fraction of sp³-hybridized carbons (Fsp3) is 0.471. The summed E-state index contributed by atoms with van der Waals surface area (Å²) in [4.78, 5) is 22.5. The van der Waals surface area contributed by atoms with Crippen molar-refractivity contribution in [2.45, 2.75) is 19.3 Å². The van der Waals surface area contributed by atoms with Gasteiger partial charge in [-0.1, -0.05) is 18.5 Å². The van der Waals surface area contributed by atoms with E-state index in [1.54, 1.807) is 0 Å². The van der Waals surface area contributed by atoms with Crippen molar-refractivity contribution in [2.24, 2.45) is 11.7 Å². The van der Waals surface area contributed by atoms with E-state index in [9.17, 15) is 17.6 Å². The van der Waals surface area contributed by atoms with Gasteiger partial charge >= 0.3 is 0 Å². The molecular weight excluding hydrogens is 423 g/mol. The number of amides is 1. The molecule has 3 N–H and O–H groups in total. The molecule has 1 fully saturated rings. The first-order valence-electron chi connectivity index (χ1n) is 8.96. The molecule has 29 heavy (non-hydrogen) atoms. The number of likely N-dealkylation sites (N-methyl/N-ethyl adjacent to an activating group) is 1. The predicted molar refractivity (Wildman–Crippen MR) is 106 cm³/mol. The number of hydrogen-bond acceptors (Lipinski definition) is 5. The summed E-state index contributed by atoms with van der Waals surface area (Å²) < 4.78 is 40.7. The number of carbonyl (C=O) groups is 1. The fourth-order valence-corrected chi connectivity index (χ4v) is 5.21. The molecule has 0 aliphatic carbocycles. The smallest absolute Gasteiger partial charge is 0.282 e. The quantitative estimate of drug-likeness (QED) is 0.695. The highest BCUT2D eigenvalue weighted by molar-refractivity contribution is 7.86. The van der Waals surface area contributed by atoms with Crippen LogP contribution in [0.25, 0.3) is 11.5 Å². The molecule has 3 rings (SSSR count). The fourth-order valence-electron chi connectivity index (χ4n) is 3.49. The Morgan fingerprint density at radius 2 is 2.21 bits per heavy atom. The summed E-state index contributed by atoms with van der Waals surface area (Å²) in [6, 6.07) is 2.79. The number of nitrogens with two attached hydrogens (primary N) is 1. The summed E-state index contributed by atoms with van der Waals surface area (Å²) in [5, 5.41) is 0.283. The maximum absolute atomic E-state index is 13.1. The molecule has 9 nitrogen and oxygen atoms in total. The summed E-state index contributed by atoms with van der Waals surface area (Å²) in [5.74, 6) is -0.849. The SMILES string of the molecule is C[C@@H]1CN(S(=O)(=O)N(C)CC(N)=O)CC[C@@H]1c1[nH]c(-c2ccc(F)cn2)nc1Cl. The molecule has 0 bridgehead atoms. The Hall–Kier alpha value is -2.08. The van der Waals surface area contributed by atoms with Crippen molar-refractivity contribution >= 4 is 27.7 Å². The van der Waals surface area contributed by atoms with Crippen molar-refractivity contribution in [1.29, 1.82) is 0 Å². The normalized spacial score (nSPS) is 20.9. The maximum atomic E-state index is 13.1. The van der Waals surface area contributed by atoms with Gasteiger partial charge in [-0.2, -0.15) is 17.0 Å². The summed E-state index contributed by atoms with van der Waals surface area (Å²) in [6.07, 6.45) is 1.61. The van der Waals surface area contributed by atoms with E-state index < -0.39 is 21.9 Å². The average Bonchev–Trinajstić information content (AvgIpc) is 3.03. The number of primary amides is 1. The van der Waals surface area contributed by atoms with E-state index >= 15 is 0 Å². The molecule has 1 aliphatic heterocycles. The van der Waals surface area contributed by atoms with E-state index in [0.29, 0.717) is 23.6 Å². The number of pyridine rings is 1. The van der Waals surface area contributed by atoms with E-state index in [1.165, 1.54) is 23.5 Å². The van der Waals surface area contributed by atoms with Crippen LogP contribution in [-0.4, -0.2) is 64.6 Å². The second kappa shape index (κ2) is 8.34. The molecule has 1 aliphatic rings. The maximum Gasteiger partial charge on any atom is 0.282 e. The lowest BCUT2D eigenvalue weighted by Gasteiger charge is -2.37. The Bertz CT molecular complexity index is 997. The lowest BCUT2D eigenvalue weighted by molar-refractivity contribution is -0.118. The molecule has 12 heteroatoms. The van der Waals surface area contributed by atoms with Crippen molar-refractivity contribution in [3.63, 3.8) is 0 Å². The van der Waals surface area contributed by atoms with Crippen molar-refractivity contribution in [3.8, 4) is 11.5 Å². The van der Waals surface area contributed by atoms with Crippen LogP contribution in [0.3, 0.4) is 0 Å². The molecular formula is C17H22ClFN6O3S. The average molecular weight is 445 g/mol. The zero-order chi connectivity index (χ0) is 21.3. The van der Waals surface area contributed by atoms with Crippen LogP contribution in [0.2, 0.25) is 5.15 Å². The summed E-state index contributed by atoms with van der Waals surface area (Å²) in [7, 11) is -2.46. The van der Waals surface area contributed by atoms with E-state index in [1.807, 2.05) is 6.92 Å². The number of nitrogens with one attached hydrogen (secondary N) is 1. The largest absolute Gasteiger partial charge is 0.369 e. The molecule has 3 heterocycles. The highest BCUT2D eigenvalue weighted by Crippen LogP contribution is 2.37. The zero-order valence-electron chi connectivity index (χ0n) is 16.0. The number of hydrogen-bond donors (Lipinski definition) is 2. The molecule has 0 spiro atoms. The molecule has 2 aromatic rings. The first-order chi connectivity index (χ1) is 13.6. The van der Waals surface area contributed by atoms with Gasteiger partial charge in [0.1, 0.15) is 11.5 Å². The molecule has 0 saturated carbocycles. The molecule has 0 unspecified atom stereocenters. The number of rotatable bonds is 6. The number of carbonyl (C=O) groups excluding carboxylic acids is 1. The van der Waals surface area contributed by atoms with Crippen LogP contribution in [0.5, 0.6) is 0 Å². The number of H-pyrrole nitrogens is 1. The predicted octanol–water partition coefficient (Wildman–Crippen LogP) is 1.35. The molecule has 0 aromatic carbocycles. The van der Waals surface area contributed by atoms with Crippen LogP contribution in [0.1, 0.15) is 25.0 Å². The van der Waals surface area contributed by atoms with E-state index in [-0.39, 0.29) is 36.6 Å². The molecule has 158 valence electrons. The topological polar surface area (TPSA) is 125 Å². The van der Waals surface area contributed by atoms with E-state index in [4.69, 9.17) is 17.3 Å². The lowest BCUT2D eigenvalue weighted by atomic mass is 9.86. The van der Waals surface area contributed by atoms with Crippen LogP contribution in [-0.2, 0) is 15.0 Å². The standard InChI is InChI=1S/C17H22ClFN6O3S/c1-10-8-25(29(27,28)24(2)9-14(20)26)6-5-12(10)15-16(18)23-17(22-15)13-4-3-11(19)7-21-13/h3-4,7,10,12H,5-6,8-9H2,1-2H3,(H2,20,26)(H,22,23)/t10-,12+/m1/s1. The van der Waals surface area contributed by atoms with Crippen molar-refractivity contribution in [1.82, 2.24) is 23.6 Å². The van der Waals surface area contributed by atoms with Crippen molar-refractivity contribution < 1.29 is 17.6 Å². The minimum Gasteiger partial charge on any atom is -0.369 e. The third kappa shape index (κ3) is 4.58. The second-order valence-electron chi connectivity index (χ2n) is 7.11. The first-order valence-corrected chi connectivity index (χ1v) is 10.7. The minimum absolute atomic E-state index is 0.0444. The van der Waals surface area contributed by atoms with E-state index in [2.05, 4.69) is 15.0 Å². The summed E-state index contributed by atoms with van der Waals surface area (Å²) in [6.45, 7) is 2.07. The lowest BCUT2D eigenvalue weighted by Crippen LogP contribution is -2.49. The summed E-state index contributed by atoms with van der Waals surface area (Å²) in [5.41, 5.74) is 6.26. The Kier molecular flexibility index (Phi) is 6.22. The van der Waals surface area contributed by atoms with Gasteiger partial charge in [0.25, 0.3) is 10.2 Å². The van der Waals surface area contributed by atoms with Crippen molar-refractivity contribution in [2.75, 3.05) is 26.7 Å². The van der Waals surface area contributed by atoms with Gasteiger partial charge in [0.05, 0.1) is 18.4 Å². The van der Waals surface area contributed by atoms with Gasteiger partial charge in [-0.25, -0.2) is 14.4 Å². The minimum atomic E-state index is -3.79. The molecule has 1 amide bonds.